The van der Waals surface area contributed by atoms with Gasteiger partial charge in [0.25, 0.3) is 0 Å². The molecular weight excluding hydrogens is 393 g/mol. The van der Waals surface area contributed by atoms with Crippen molar-refractivity contribution in [3.8, 4) is 6.07 Å². The number of ketones is 1. The van der Waals surface area contributed by atoms with Gasteiger partial charge < -0.3 is 0 Å². The van der Waals surface area contributed by atoms with Crippen molar-refractivity contribution in [3.05, 3.63) is 87.0 Å². The molecule has 0 fully saturated rings. The minimum absolute atomic E-state index is 0.0186. The molecule has 4 nitrogen and oxygen atoms in total. The first-order valence-electron chi connectivity index (χ1n) is 8.45. The van der Waals surface area contributed by atoms with Crippen molar-refractivity contribution in [1.29, 1.82) is 10.7 Å². The Balaban J connectivity index is 2.20. The van der Waals surface area contributed by atoms with Crippen LogP contribution in [0.15, 0.2) is 65.9 Å². The van der Waals surface area contributed by atoms with E-state index in [1.165, 1.54) is 0 Å². The van der Waals surface area contributed by atoms with E-state index < -0.39 is 5.54 Å². The molecule has 1 aliphatic rings. The molecule has 0 aromatic heterocycles. The molecule has 0 unspecified atom stereocenters. The Morgan fingerprint density at radius 1 is 1.04 bits per heavy atom. The van der Waals surface area contributed by atoms with Gasteiger partial charge in [-0.25, -0.2) is 0 Å². The molecule has 1 heterocycles. The summed E-state index contributed by atoms with van der Waals surface area (Å²) in [7, 11) is 0. The van der Waals surface area contributed by atoms with Crippen LogP contribution in [0, 0.1) is 16.7 Å². The van der Waals surface area contributed by atoms with Crippen LogP contribution in [0.1, 0.15) is 29.8 Å². The van der Waals surface area contributed by atoms with Gasteiger partial charge in [0.05, 0.1) is 11.4 Å². The SMILES string of the molecule is CC1(C)C(C(=O)c2ccc(Cl)cc2)=CC(c2ccc(Cl)cc2)=[N+]1C(=C=N)C#N. The van der Waals surface area contributed by atoms with Crippen LogP contribution in [0.4, 0.5) is 0 Å². The van der Waals surface area contributed by atoms with Crippen LogP contribution in [0.25, 0.3) is 0 Å². The summed E-state index contributed by atoms with van der Waals surface area (Å²) in [4.78, 5) is 13.2. The average Bonchev–Trinajstić information content (AvgIpc) is 2.95. The Labute approximate surface area is 173 Å². The number of benzene rings is 2. The molecule has 0 amide bonds. The molecule has 1 aliphatic heterocycles. The summed E-state index contributed by atoms with van der Waals surface area (Å²) in [5.41, 5.74) is 1.58. The lowest BCUT2D eigenvalue weighted by Crippen LogP contribution is -2.39. The third-order valence-corrected chi connectivity index (χ3v) is 5.18. The lowest BCUT2D eigenvalue weighted by Gasteiger charge is -2.19. The van der Waals surface area contributed by atoms with Crippen LogP contribution in [0.2, 0.25) is 10.0 Å². The maximum absolute atomic E-state index is 13.2. The Kier molecular flexibility index (Phi) is 5.36. The van der Waals surface area contributed by atoms with Gasteiger partial charge >= 0.3 is 5.70 Å². The Morgan fingerprint density at radius 3 is 2.07 bits per heavy atom. The normalized spacial score (nSPS) is 14.9. The van der Waals surface area contributed by atoms with Crippen molar-refractivity contribution in [2.75, 3.05) is 0 Å². The fourth-order valence-corrected chi connectivity index (χ4v) is 3.52. The number of rotatable bonds is 4. The van der Waals surface area contributed by atoms with Crippen LogP contribution in [0.5, 0.6) is 0 Å². The van der Waals surface area contributed by atoms with E-state index in [4.69, 9.17) is 28.6 Å². The first kappa shape index (κ1) is 19.8. The second kappa shape index (κ2) is 7.58. The number of carbonyl (C=O) groups is 1. The van der Waals surface area contributed by atoms with Gasteiger partial charge in [-0.1, -0.05) is 23.2 Å². The van der Waals surface area contributed by atoms with Crippen LogP contribution in [0.3, 0.4) is 0 Å². The van der Waals surface area contributed by atoms with E-state index in [0.717, 1.165) is 5.56 Å². The maximum atomic E-state index is 13.2. The molecule has 2 aromatic carbocycles. The van der Waals surface area contributed by atoms with Crippen molar-refractivity contribution in [2.45, 2.75) is 19.4 Å². The number of halogens is 2. The van der Waals surface area contributed by atoms with Crippen LogP contribution >= 0.6 is 23.2 Å². The average molecular weight is 409 g/mol. The summed E-state index contributed by atoms with van der Waals surface area (Å²) in [6.07, 6.45) is 1.76. The zero-order valence-electron chi connectivity index (χ0n) is 15.3. The molecule has 0 saturated carbocycles. The molecule has 0 bridgehead atoms. The van der Waals surface area contributed by atoms with E-state index in [0.29, 0.717) is 26.9 Å². The number of hydrogen-bond acceptors (Lipinski definition) is 3. The highest BCUT2D eigenvalue weighted by atomic mass is 35.5. The van der Waals surface area contributed by atoms with Gasteiger partial charge in [0, 0.05) is 41.1 Å². The van der Waals surface area contributed by atoms with Crippen molar-refractivity contribution >= 4 is 40.6 Å². The molecule has 1 N–H and O–H groups in total. The zero-order chi connectivity index (χ0) is 20.5. The fraction of sp³-hybridized carbons (Fsp3) is 0.136. The first-order chi connectivity index (χ1) is 13.3. The summed E-state index contributed by atoms with van der Waals surface area (Å²) in [5, 5.41) is 18.2. The number of hydrogen-bond donors (Lipinski definition) is 1. The number of nitrogens with one attached hydrogen (secondary N) is 1. The van der Waals surface area contributed by atoms with Gasteiger partial charge in [-0.3, -0.25) is 10.2 Å². The summed E-state index contributed by atoms with van der Waals surface area (Å²) in [6, 6.07) is 15.8. The number of nitrogens with zero attached hydrogens (tertiary/aromatic N) is 2. The molecule has 28 heavy (non-hydrogen) atoms. The van der Waals surface area contributed by atoms with Crippen LogP contribution < -0.4 is 0 Å². The zero-order valence-corrected chi connectivity index (χ0v) is 16.8. The topological polar surface area (TPSA) is 67.7 Å². The number of Topliss-reactive ketones (excluding diaryl/α,β-unsaturated/α-hetero) is 1. The van der Waals surface area contributed by atoms with Crippen LogP contribution in [-0.2, 0) is 0 Å². The van der Waals surface area contributed by atoms with Gasteiger partial charge in [-0.2, -0.15) is 9.84 Å². The highest BCUT2D eigenvalue weighted by molar-refractivity contribution is 6.31. The van der Waals surface area contributed by atoms with Crippen molar-refractivity contribution in [2.24, 2.45) is 0 Å². The Hall–Kier alpha value is -2.96. The van der Waals surface area contributed by atoms with E-state index in [1.54, 1.807) is 47.0 Å². The van der Waals surface area contributed by atoms with Crippen molar-refractivity contribution in [1.82, 2.24) is 0 Å². The van der Waals surface area contributed by atoms with Gasteiger partial charge in [0.15, 0.2) is 17.4 Å². The minimum atomic E-state index is -0.856. The third-order valence-electron chi connectivity index (χ3n) is 4.68. The standard InChI is InChI=1S/C22H16Cl2N3O/c1-22(2)19(21(28)15-5-9-17(24)10-6-15)11-20(27(22)18(12-25)13-26)14-3-7-16(23)8-4-14/h3-11,25H,1-2H3/q+1. The molecule has 3 rings (SSSR count). The second-order valence-electron chi connectivity index (χ2n) is 6.77. The van der Waals surface area contributed by atoms with Crippen molar-refractivity contribution in [3.63, 3.8) is 0 Å². The molecule has 138 valence electrons. The quantitative estimate of drug-likeness (QED) is 0.332. The molecule has 0 aliphatic carbocycles. The summed E-state index contributed by atoms with van der Waals surface area (Å²) >= 11 is 11.9. The van der Waals surface area contributed by atoms with Crippen molar-refractivity contribution < 1.29 is 9.37 Å². The van der Waals surface area contributed by atoms with Gasteiger partial charge in [0.2, 0.25) is 5.71 Å². The second-order valence-corrected chi connectivity index (χ2v) is 7.64. The number of allylic oxidation sites excluding steroid dienone is 2. The van der Waals surface area contributed by atoms with Crippen LogP contribution in [-0.4, -0.2) is 27.5 Å². The maximum Gasteiger partial charge on any atom is 0.347 e. The molecule has 2 aromatic rings. The van der Waals surface area contributed by atoms with Gasteiger partial charge in [-0.15, -0.1) is 0 Å². The summed E-state index contributed by atoms with van der Waals surface area (Å²) < 4.78 is 1.66. The monoisotopic (exact) mass is 408 g/mol. The lowest BCUT2D eigenvalue weighted by atomic mass is 9.88. The molecular formula is C22H16Cl2N3O+. The van der Waals surface area contributed by atoms with Gasteiger partial charge in [-0.05, 0) is 48.5 Å². The molecule has 6 heteroatoms. The Bertz CT molecular complexity index is 1110. The number of nitriles is 1. The minimum Gasteiger partial charge on any atom is -0.289 e. The highest BCUT2D eigenvalue weighted by Crippen LogP contribution is 2.33. The Morgan fingerprint density at radius 2 is 1.57 bits per heavy atom. The summed E-state index contributed by atoms with van der Waals surface area (Å²) in [5.74, 6) is 2.02. The van der Waals surface area contributed by atoms with E-state index in [2.05, 4.69) is 5.87 Å². The lowest BCUT2D eigenvalue weighted by molar-refractivity contribution is -0.531. The molecule has 0 spiro atoms. The summed E-state index contributed by atoms with van der Waals surface area (Å²) in [6.45, 7) is 3.68. The van der Waals surface area contributed by atoms with E-state index in [9.17, 15) is 10.1 Å². The molecule has 0 atom stereocenters. The molecule has 0 saturated heterocycles. The third kappa shape index (κ3) is 3.44. The van der Waals surface area contributed by atoms with E-state index in [-0.39, 0.29) is 11.5 Å². The smallest absolute Gasteiger partial charge is 0.289 e. The molecule has 0 radical (unpaired) electrons. The first-order valence-corrected chi connectivity index (χ1v) is 9.20. The predicted molar refractivity (Wildman–Crippen MR) is 111 cm³/mol. The fourth-order valence-electron chi connectivity index (χ4n) is 3.27. The van der Waals surface area contributed by atoms with E-state index in [1.807, 2.05) is 32.0 Å². The van der Waals surface area contributed by atoms with Gasteiger partial charge in [0.1, 0.15) is 0 Å². The van der Waals surface area contributed by atoms with E-state index >= 15 is 0 Å². The largest absolute Gasteiger partial charge is 0.347 e. The highest BCUT2D eigenvalue weighted by Gasteiger charge is 2.48. The number of carbonyl (C=O) groups excluding carboxylic acids is 1. The predicted octanol–water partition coefficient (Wildman–Crippen LogP) is 5.05.